The molecular weight excluding hydrogens is 278 g/mol. The molecule has 1 saturated heterocycles. The van der Waals surface area contributed by atoms with Crippen LogP contribution in [-0.2, 0) is 9.59 Å². The highest BCUT2D eigenvalue weighted by Gasteiger charge is 2.41. The highest BCUT2D eigenvalue weighted by molar-refractivity contribution is 5.88. The molecule has 124 valence electrons. The maximum atomic E-state index is 12.8. The van der Waals surface area contributed by atoms with Crippen molar-refractivity contribution in [3.8, 4) is 0 Å². The van der Waals surface area contributed by atoms with Gasteiger partial charge in [-0.1, -0.05) is 13.3 Å². The number of hydrogen-bond acceptors (Lipinski definition) is 3. The average Bonchev–Trinajstić information content (AvgIpc) is 2.87. The number of nitrogens with zero attached hydrogens (tertiary/aromatic N) is 1. The Hall–Kier alpha value is -1.10. The van der Waals surface area contributed by atoms with E-state index >= 15 is 0 Å². The van der Waals surface area contributed by atoms with E-state index < -0.39 is 0 Å². The summed E-state index contributed by atoms with van der Waals surface area (Å²) in [7, 11) is 0. The van der Waals surface area contributed by atoms with Crippen LogP contribution in [-0.4, -0.2) is 41.4 Å². The Morgan fingerprint density at radius 3 is 2.55 bits per heavy atom. The zero-order chi connectivity index (χ0) is 15.7. The molecule has 3 rings (SSSR count). The molecule has 0 radical (unpaired) electrons. The molecule has 2 saturated carbocycles. The van der Waals surface area contributed by atoms with Gasteiger partial charge in [0.15, 0.2) is 0 Å². The molecule has 2 amide bonds. The number of carbonyl (C=O) groups is 2. The molecule has 3 aliphatic rings. The van der Waals surface area contributed by atoms with Gasteiger partial charge in [0.1, 0.15) is 6.04 Å². The smallest absolute Gasteiger partial charge is 0.243 e. The van der Waals surface area contributed by atoms with Crippen LogP contribution < -0.4 is 11.1 Å². The first kappa shape index (κ1) is 15.8. The fourth-order valence-electron chi connectivity index (χ4n) is 4.83. The van der Waals surface area contributed by atoms with Crippen molar-refractivity contribution >= 4 is 11.8 Å². The van der Waals surface area contributed by atoms with Crippen molar-refractivity contribution in [2.75, 3.05) is 6.54 Å². The minimum atomic E-state index is -0.286. The standard InChI is InChI=1S/C17H29N3O2/c1-2-14(20-8-4-7-15(20)21)17(22)19-16-11-5-3-6-12(16)10-13(18)9-11/h11-14,16H,2-10,18H2,1H3,(H,19,22). The number of rotatable bonds is 4. The summed E-state index contributed by atoms with van der Waals surface area (Å²) in [5.41, 5.74) is 6.16. The molecule has 3 unspecified atom stereocenters. The molecule has 22 heavy (non-hydrogen) atoms. The lowest BCUT2D eigenvalue weighted by Crippen LogP contribution is -2.57. The van der Waals surface area contributed by atoms with Crippen molar-refractivity contribution in [3.63, 3.8) is 0 Å². The van der Waals surface area contributed by atoms with Gasteiger partial charge in [0.25, 0.3) is 0 Å². The second-order valence-electron chi connectivity index (χ2n) is 7.33. The Morgan fingerprint density at radius 2 is 2.00 bits per heavy atom. The zero-order valence-corrected chi connectivity index (χ0v) is 13.6. The Bertz CT molecular complexity index is 426. The molecule has 5 nitrogen and oxygen atoms in total. The lowest BCUT2D eigenvalue weighted by Gasteiger charge is -2.45. The third-order valence-corrected chi connectivity index (χ3v) is 5.86. The molecule has 0 aromatic rings. The first-order valence-electron chi connectivity index (χ1n) is 8.95. The largest absolute Gasteiger partial charge is 0.351 e. The average molecular weight is 307 g/mol. The van der Waals surface area contributed by atoms with Crippen molar-refractivity contribution in [3.05, 3.63) is 0 Å². The predicted molar refractivity (Wildman–Crippen MR) is 85.0 cm³/mol. The van der Waals surface area contributed by atoms with E-state index in [1.54, 1.807) is 4.90 Å². The molecule has 0 spiro atoms. The molecule has 0 aromatic heterocycles. The van der Waals surface area contributed by atoms with E-state index in [9.17, 15) is 9.59 Å². The van der Waals surface area contributed by atoms with Crippen LogP contribution in [0.2, 0.25) is 0 Å². The van der Waals surface area contributed by atoms with Crippen LogP contribution in [0.15, 0.2) is 0 Å². The molecule has 3 N–H and O–H groups in total. The first-order valence-corrected chi connectivity index (χ1v) is 8.95. The maximum absolute atomic E-state index is 12.8. The van der Waals surface area contributed by atoms with Gasteiger partial charge in [0.05, 0.1) is 0 Å². The van der Waals surface area contributed by atoms with Crippen LogP contribution in [0.1, 0.15) is 58.3 Å². The highest BCUT2D eigenvalue weighted by atomic mass is 16.2. The van der Waals surface area contributed by atoms with Crippen LogP contribution in [0.25, 0.3) is 0 Å². The van der Waals surface area contributed by atoms with Gasteiger partial charge in [-0.15, -0.1) is 0 Å². The summed E-state index contributed by atoms with van der Waals surface area (Å²) in [6.07, 6.45) is 7.83. The van der Waals surface area contributed by atoms with E-state index in [1.165, 1.54) is 19.3 Å². The maximum Gasteiger partial charge on any atom is 0.243 e. The van der Waals surface area contributed by atoms with Gasteiger partial charge in [-0.3, -0.25) is 9.59 Å². The van der Waals surface area contributed by atoms with Gasteiger partial charge in [0, 0.05) is 25.0 Å². The molecular formula is C17H29N3O2. The Kier molecular flexibility index (Phi) is 4.71. The molecule has 5 heteroatoms. The molecule has 1 aliphatic heterocycles. The topological polar surface area (TPSA) is 75.4 Å². The Labute approximate surface area is 133 Å². The van der Waals surface area contributed by atoms with Gasteiger partial charge < -0.3 is 16.0 Å². The number of hydrogen-bond donors (Lipinski definition) is 2. The molecule has 1 heterocycles. The van der Waals surface area contributed by atoms with Gasteiger partial charge in [-0.25, -0.2) is 0 Å². The van der Waals surface area contributed by atoms with E-state index in [1.807, 2.05) is 6.92 Å². The lowest BCUT2D eigenvalue weighted by atomic mass is 9.67. The Balaban J connectivity index is 1.66. The molecule has 2 bridgehead atoms. The second kappa shape index (κ2) is 6.57. The third kappa shape index (κ3) is 3.00. The molecule has 2 aliphatic carbocycles. The van der Waals surface area contributed by atoms with Crippen molar-refractivity contribution in [1.82, 2.24) is 10.2 Å². The first-order chi connectivity index (χ1) is 10.6. The van der Waals surface area contributed by atoms with Crippen molar-refractivity contribution in [1.29, 1.82) is 0 Å². The van der Waals surface area contributed by atoms with Crippen LogP contribution in [0.3, 0.4) is 0 Å². The van der Waals surface area contributed by atoms with Gasteiger partial charge >= 0.3 is 0 Å². The fourth-order valence-corrected chi connectivity index (χ4v) is 4.83. The number of likely N-dealkylation sites (tertiary alicyclic amines) is 1. The summed E-state index contributed by atoms with van der Waals surface area (Å²) in [5, 5.41) is 3.30. The van der Waals surface area contributed by atoms with E-state index in [-0.39, 0.29) is 23.9 Å². The molecule has 0 aromatic carbocycles. The van der Waals surface area contributed by atoms with Crippen LogP contribution in [0.4, 0.5) is 0 Å². The van der Waals surface area contributed by atoms with Crippen molar-refractivity contribution in [2.45, 2.75) is 76.4 Å². The Morgan fingerprint density at radius 1 is 1.32 bits per heavy atom. The summed E-state index contributed by atoms with van der Waals surface area (Å²) < 4.78 is 0. The second-order valence-corrected chi connectivity index (χ2v) is 7.33. The normalized spacial score (nSPS) is 36.3. The summed E-state index contributed by atoms with van der Waals surface area (Å²) in [4.78, 5) is 26.5. The van der Waals surface area contributed by atoms with Crippen LogP contribution in [0, 0.1) is 11.8 Å². The highest BCUT2D eigenvalue weighted by Crippen LogP contribution is 2.39. The zero-order valence-electron chi connectivity index (χ0n) is 13.6. The minimum Gasteiger partial charge on any atom is -0.351 e. The van der Waals surface area contributed by atoms with Crippen LogP contribution >= 0.6 is 0 Å². The predicted octanol–water partition coefficient (Wildman–Crippen LogP) is 1.41. The number of nitrogens with one attached hydrogen (secondary N) is 1. The minimum absolute atomic E-state index is 0.0510. The fraction of sp³-hybridized carbons (Fsp3) is 0.882. The van der Waals surface area contributed by atoms with E-state index in [4.69, 9.17) is 5.73 Å². The van der Waals surface area contributed by atoms with Gasteiger partial charge in [0.2, 0.25) is 11.8 Å². The quantitative estimate of drug-likeness (QED) is 0.824. The van der Waals surface area contributed by atoms with E-state index in [0.717, 1.165) is 25.8 Å². The number of carbonyl (C=O) groups excluding carboxylic acids is 2. The number of fused-ring (bicyclic) bond motifs is 2. The molecule has 3 atom stereocenters. The lowest BCUT2D eigenvalue weighted by molar-refractivity contribution is -0.138. The number of nitrogens with two attached hydrogens (primary N) is 1. The third-order valence-electron chi connectivity index (χ3n) is 5.86. The van der Waals surface area contributed by atoms with Crippen molar-refractivity contribution < 1.29 is 9.59 Å². The number of amides is 2. The van der Waals surface area contributed by atoms with Crippen LogP contribution in [0.5, 0.6) is 0 Å². The summed E-state index contributed by atoms with van der Waals surface area (Å²) in [6, 6.07) is 0.282. The van der Waals surface area contributed by atoms with Crippen molar-refractivity contribution in [2.24, 2.45) is 17.6 Å². The van der Waals surface area contributed by atoms with Gasteiger partial charge in [-0.2, -0.15) is 0 Å². The summed E-state index contributed by atoms with van der Waals surface area (Å²) in [5.74, 6) is 1.24. The monoisotopic (exact) mass is 307 g/mol. The summed E-state index contributed by atoms with van der Waals surface area (Å²) in [6.45, 7) is 2.72. The van der Waals surface area contributed by atoms with E-state index in [2.05, 4.69) is 5.32 Å². The van der Waals surface area contributed by atoms with E-state index in [0.29, 0.717) is 30.7 Å². The van der Waals surface area contributed by atoms with Gasteiger partial charge in [-0.05, 0) is 50.4 Å². The SMILES string of the molecule is CCC(C(=O)NC1C2CCCC1CC(N)C2)N1CCCC1=O. The summed E-state index contributed by atoms with van der Waals surface area (Å²) >= 11 is 0. The molecule has 3 fully saturated rings.